The van der Waals surface area contributed by atoms with Gasteiger partial charge < -0.3 is 10.6 Å². The van der Waals surface area contributed by atoms with Gasteiger partial charge in [0, 0.05) is 23.1 Å². The van der Waals surface area contributed by atoms with Crippen molar-refractivity contribution < 1.29 is 0 Å². The minimum absolute atomic E-state index is 0.532. The van der Waals surface area contributed by atoms with Crippen molar-refractivity contribution in [2.75, 3.05) is 10.6 Å². The molecule has 0 heterocycles. The Labute approximate surface area is 128 Å². The van der Waals surface area contributed by atoms with E-state index in [1.807, 2.05) is 18.2 Å². The molecule has 0 aromatic heterocycles. The molecule has 2 aromatic carbocycles. The number of para-hydroxylation sites is 1. The van der Waals surface area contributed by atoms with Gasteiger partial charge in [0.2, 0.25) is 0 Å². The van der Waals surface area contributed by atoms with Crippen molar-refractivity contribution in [1.29, 1.82) is 0 Å². The lowest BCUT2D eigenvalue weighted by Gasteiger charge is -2.15. The van der Waals surface area contributed by atoms with Crippen LogP contribution in [-0.4, -0.2) is 6.04 Å². The van der Waals surface area contributed by atoms with Crippen molar-refractivity contribution in [3.8, 4) is 0 Å². The van der Waals surface area contributed by atoms with E-state index >= 15 is 0 Å². The van der Waals surface area contributed by atoms with Crippen molar-refractivity contribution in [3.63, 3.8) is 0 Å². The number of nitrogens with one attached hydrogen (secondary N) is 2. The first-order chi connectivity index (χ1) is 10.3. The van der Waals surface area contributed by atoms with E-state index in [0.717, 1.165) is 11.4 Å². The van der Waals surface area contributed by atoms with Crippen LogP contribution >= 0.6 is 0 Å². The Morgan fingerprint density at radius 1 is 0.810 bits per heavy atom. The molecule has 2 nitrogen and oxygen atoms in total. The normalized spacial score (nSPS) is 11.9. The SMILES string of the molecule is CCCCCC(C)Nc1ccc(Nc2ccccc2)cc1. The maximum atomic E-state index is 3.56. The summed E-state index contributed by atoms with van der Waals surface area (Å²) in [6.45, 7) is 4.50. The highest BCUT2D eigenvalue weighted by atomic mass is 14.9. The molecule has 0 saturated heterocycles. The Kier molecular flexibility index (Phi) is 6.14. The molecule has 0 fully saturated rings. The predicted molar refractivity (Wildman–Crippen MR) is 93.4 cm³/mol. The third-order valence-electron chi connectivity index (χ3n) is 3.60. The van der Waals surface area contributed by atoms with Crippen LogP contribution in [0.4, 0.5) is 17.1 Å². The zero-order valence-corrected chi connectivity index (χ0v) is 13.1. The molecule has 2 aromatic rings. The quantitative estimate of drug-likeness (QED) is 0.597. The highest BCUT2D eigenvalue weighted by molar-refractivity contribution is 5.62. The number of hydrogen-bond donors (Lipinski definition) is 2. The van der Waals surface area contributed by atoms with E-state index in [1.165, 1.54) is 31.4 Å². The minimum Gasteiger partial charge on any atom is -0.383 e. The molecule has 0 bridgehead atoms. The Morgan fingerprint density at radius 3 is 2.10 bits per heavy atom. The van der Waals surface area contributed by atoms with E-state index < -0.39 is 0 Å². The van der Waals surface area contributed by atoms with Crippen LogP contribution in [0.15, 0.2) is 54.6 Å². The summed E-state index contributed by atoms with van der Waals surface area (Å²) in [4.78, 5) is 0. The van der Waals surface area contributed by atoms with Gasteiger partial charge in [-0.15, -0.1) is 0 Å². The number of rotatable bonds is 8. The smallest absolute Gasteiger partial charge is 0.0385 e. The standard InChI is InChI=1S/C19H26N2/c1-3-4-6-9-16(2)20-18-12-14-19(15-13-18)21-17-10-7-5-8-11-17/h5,7-8,10-16,20-21H,3-4,6,9H2,1-2H3. The van der Waals surface area contributed by atoms with Crippen LogP contribution in [0.25, 0.3) is 0 Å². The average molecular weight is 282 g/mol. The van der Waals surface area contributed by atoms with E-state index in [2.05, 4.69) is 60.9 Å². The average Bonchev–Trinajstić information content (AvgIpc) is 2.51. The van der Waals surface area contributed by atoms with Crippen LogP contribution in [-0.2, 0) is 0 Å². The summed E-state index contributed by atoms with van der Waals surface area (Å²) in [5, 5.41) is 6.96. The molecule has 0 saturated carbocycles. The van der Waals surface area contributed by atoms with Gasteiger partial charge in [0.25, 0.3) is 0 Å². The Bertz CT molecular complexity index is 505. The molecular formula is C19H26N2. The fourth-order valence-corrected chi connectivity index (χ4v) is 2.40. The first kappa shape index (κ1) is 15.4. The van der Waals surface area contributed by atoms with Crippen LogP contribution in [0, 0.1) is 0 Å². The molecule has 2 N–H and O–H groups in total. The number of hydrogen-bond acceptors (Lipinski definition) is 2. The molecule has 0 radical (unpaired) electrons. The fourth-order valence-electron chi connectivity index (χ4n) is 2.40. The van der Waals surface area contributed by atoms with Crippen molar-refractivity contribution in [2.45, 2.75) is 45.6 Å². The molecule has 0 aliphatic carbocycles. The van der Waals surface area contributed by atoms with Crippen molar-refractivity contribution in [1.82, 2.24) is 0 Å². The van der Waals surface area contributed by atoms with Gasteiger partial charge in [-0.05, 0) is 49.7 Å². The molecule has 0 spiro atoms. The second-order valence-corrected chi connectivity index (χ2v) is 5.61. The lowest BCUT2D eigenvalue weighted by molar-refractivity contribution is 0.615. The molecule has 0 aliphatic rings. The van der Waals surface area contributed by atoms with Crippen LogP contribution in [0.5, 0.6) is 0 Å². The molecule has 2 rings (SSSR count). The van der Waals surface area contributed by atoms with Crippen molar-refractivity contribution >= 4 is 17.1 Å². The maximum Gasteiger partial charge on any atom is 0.0385 e. The van der Waals surface area contributed by atoms with Crippen LogP contribution in [0.3, 0.4) is 0 Å². The summed E-state index contributed by atoms with van der Waals surface area (Å²) in [6, 6.07) is 19.3. The predicted octanol–water partition coefficient (Wildman–Crippen LogP) is 5.81. The Hall–Kier alpha value is -1.96. The summed E-state index contributed by atoms with van der Waals surface area (Å²) in [7, 11) is 0. The second kappa shape index (κ2) is 8.35. The van der Waals surface area contributed by atoms with Gasteiger partial charge in [-0.3, -0.25) is 0 Å². The molecule has 0 amide bonds. The van der Waals surface area contributed by atoms with Crippen molar-refractivity contribution in [3.05, 3.63) is 54.6 Å². The summed E-state index contributed by atoms with van der Waals surface area (Å²) < 4.78 is 0. The molecule has 0 aliphatic heterocycles. The van der Waals surface area contributed by atoms with Crippen LogP contribution in [0.1, 0.15) is 39.5 Å². The van der Waals surface area contributed by atoms with E-state index in [4.69, 9.17) is 0 Å². The third kappa shape index (κ3) is 5.50. The van der Waals surface area contributed by atoms with Crippen LogP contribution < -0.4 is 10.6 Å². The van der Waals surface area contributed by atoms with E-state index in [9.17, 15) is 0 Å². The minimum atomic E-state index is 0.532. The fraction of sp³-hybridized carbons (Fsp3) is 0.368. The monoisotopic (exact) mass is 282 g/mol. The molecule has 1 atom stereocenters. The highest BCUT2D eigenvalue weighted by Gasteiger charge is 2.02. The second-order valence-electron chi connectivity index (χ2n) is 5.61. The largest absolute Gasteiger partial charge is 0.383 e. The molecular weight excluding hydrogens is 256 g/mol. The number of anilines is 3. The van der Waals surface area contributed by atoms with E-state index in [-0.39, 0.29) is 0 Å². The van der Waals surface area contributed by atoms with Gasteiger partial charge in [0.05, 0.1) is 0 Å². The molecule has 21 heavy (non-hydrogen) atoms. The molecule has 2 heteroatoms. The van der Waals surface area contributed by atoms with Gasteiger partial charge in [-0.1, -0.05) is 44.4 Å². The van der Waals surface area contributed by atoms with E-state index in [0.29, 0.717) is 6.04 Å². The Balaban J connectivity index is 1.84. The molecule has 1 unspecified atom stereocenters. The van der Waals surface area contributed by atoms with E-state index in [1.54, 1.807) is 0 Å². The summed E-state index contributed by atoms with van der Waals surface area (Å²) in [5.41, 5.74) is 3.43. The first-order valence-corrected chi connectivity index (χ1v) is 7.96. The zero-order chi connectivity index (χ0) is 14.9. The van der Waals surface area contributed by atoms with Gasteiger partial charge in [0.15, 0.2) is 0 Å². The number of benzene rings is 2. The summed E-state index contributed by atoms with van der Waals surface area (Å²) >= 11 is 0. The lowest BCUT2D eigenvalue weighted by Crippen LogP contribution is -2.14. The zero-order valence-electron chi connectivity index (χ0n) is 13.1. The number of unbranched alkanes of at least 4 members (excludes halogenated alkanes) is 2. The lowest BCUT2D eigenvalue weighted by atomic mass is 10.1. The maximum absolute atomic E-state index is 3.56. The van der Waals surface area contributed by atoms with Gasteiger partial charge in [0.1, 0.15) is 0 Å². The third-order valence-corrected chi connectivity index (χ3v) is 3.60. The first-order valence-electron chi connectivity index (χ1n) is 7.96. The summed E-state index contributed by atoms with van der Waals surface area (Å²) in [5.74, 6) is 0. The van der Waals surface area contributed by atoms with Gasteiger partial charge in [-0.2, -0.15) is 0 Å². The Morgan fingerprint density at radius 2 is 1.43 bits per heavy atom. The van der Waals surface area contributed by atoms with Gasteiger partial charge >= 0.3 is 0 Å². The van der Waals surface area contributed by atoms with Gasteiger partial charge in [-0.25, -0.2) is 0 Å². The molecule has 112 valence electrons. The van der Waals surface area contributed by atoms with Crippen molar-refractivity contribution in [2.24, 2.45) is 0 Å². The van der Waals surface area contributed by atoms with Crippen LogP contribution in [0.2, 0.25) is 0 Å². The highest BCUT2D eigenvalue weighted by Crippen LogP contribution is 2.19. The summed E-state index contributed by atoms with van der Waals surface area (Å²) in [6.07, 6.45) is 5.15. The topological polar surface area (TPSA) is 24.1 Å².